The number of nitrogens with one attached hydrogen (secondary N) is 3. The molecule has 3 fully saturated rings. The fourth-order valence-electron chi connectivity index (χ4n) is 6.37. The van der Waals surface area contributed by atoms with E-state index in [1.54, 1.807) is 6.92 Å². The Bertz CT molecular complexity index is 1020. The molecule has 3 aliphatic rings. The van der Waals surface area contributed by atoms with Gasteiger partial charge in [-0.3, -0.25) is 9.59 Å². The van der Waals surface area contributed by atoms with Crippen molar-refractivity contribution in [3.05, 3.63) is 35.5 Å². The molecule has 1 aromatic heterocycles. The second kappa shape index (κ2) is 9.11. The molecule has 33 heavy (non-hydrogen) atoms. The zero-order chi connectivity index (χ0) is 23.1. The molecule has 0 bridgehead atoms. The van der Waals surface area contributed by atoms with Gasteiger partial charge in [-0.1, -0.05) is 31.4 Å². The Balaban J connectivity index is 1.43. The van der Waals surface area contributed by atoms with Gasteiger partial charge in [-0.25, -0.2) is 0 Å². The molecule has 5 atom stereocenters. The summed E-state index contributed by atoms with van der Waals surface area (Å²) in [5, 5.41) is 7.96. The number of aromatic nitrogens is 1. The van der Waals surface area contributed by atoms with E-state index in [2.05, 4.69) is 51.8 Å². The molecule has 1 aliphatic carbocycles. The molecule has 1 aromatic carbocycles. The Labute approximate surface area is 195 Å². The second-order valence-corrected chi connectivity index (χ2v) is 10.4. The van der Waals surface area contributed by atoms with Crippen LogP contribution in [0.2, 0.25) is 0 Å². The maximum atomic E-state index is 14.0. The zero-order valence-electron chi connectivity index (χ0n) is 19.8. The lowest BCUT2D eigenvalue weighted by Crippen LogP contribution is -2.57. The van der Waals surface area contributed by atoms with Crippen molar-refractivity contribution in [2.75, 3.05) is 13.1 Å². The second-order valence-electron chi connectivity index (χ2n) is 10.4. The fourth-order valence-corrected chi connectivity index (χ4v) is 6.37. The molecule has 5 rings (SSSR count). The first kappa shape index (κ1) is 22.4. The van der Waals surface area contributed by atoms with Crippen molar-refractivity contribution >= 4 is 22.7 Å². The van der Waals surface area contributed by atoms with Gasteiger partial charge in [-0.15, -0.1) is 0 Å². The Morgan fingerprint density at radius 2 is 1.97 bits per heavy atom. The Hall–Kier alpha value is -2.38. The number of rotatable bonds is 5. The number of fused-ring (bicyclic) bond motifs is 2. The number of H-pyrrole nitrogens is 1. The van der Waals surface area contributed by atoms with Crippen molar-refractivity contribution in [1.29, 1.82) is 0 Å². The van der Waals surface area contributed by atoms with E-state index in [-0.39, 0.29) is 29.7 Å². The van der Waals surface area contributed by atoms with Crippen LogP contribution in [-0.4, -0.2) is 59.0 Å². The lowest BCUT2D eigenvalue weighted by atomic mass is 9.82. The van der Waals surface area contributed by atoms with Crippen LogP contribution in [0.15, 0.2) is 24.4 Å². The molecular weight excluding hydrogens is 414 g/mol. The summed E-state index contributed by atoms with van der Waals surface area (Å²) in [6, 6.07) is 5.83. The van der Waals surface area contributed by atoms with Crippen LogP contribution in [0.1, 0.15) is 62.5 Å². The van der Waals surface area contributed by atoms with E-state index in [4.69, 9.17) is 5.73 Å². The summed E-state index contributed by atoms with van der Waals surface area (Å²) in [7, 11) is 0. The quantitative estimate of drug-likeness (QED) is 0.561. The van der Waals surface area contributed by atoms with Crippen LogP contribution in [0, 0.1) is 12.8 Å². The highest BCUT2D eigenvalue weighted by Gasteiger charge is 2.49. The normalized spacial score (nSPS) is 27.5. The van der Waals surface area contributed by atoms with E-state index in [0.29, 0.717) is 6.04 Å². The number of nitrogens with two attached hydrogens (primary N) is 1. The third kappa shape index (κ3) is 4.17. The van der Waals surface area contributed by atoms with Crippen molar-refractivity contribution in [2.45, 2.75) is 82.5 Å². The van der Waals surface area contributed by atoms with Crippen molar-refractivity contribution in [3.63, 3.8) is 0 Å². The van der Waals surface area contributed by atoms with E-state index >= 15 is 0 Å². The molecule has 2 aliphatic heterocycles. The highest BCUT2D eigenvalue weighted by Crippen LogP contribution is 2.40. The Kier molecular flexibility index (Phi) is 6.18. The third-order valence-corrected chi connectivity index (χ3v) is 8.12. The van der Waals surface area contributed by atoms with Gasteiger partial charge in [0, 0.05) is 42.1 Å². The van der Waals surface area contributed by atoms with Gasteiger partial charge < -0.3 is 26.3 Å². The van der Waals surface area contributed by atoms with Gasteiger partial charge in [0.1, 0.15) is 6.04 Å². The maximum Gasteiger partial charge on any atom is 0.245 e. The van der Waals surface area contributed by atoms with Crippen LogP contribution in [0.4, 0.5) is 0 Å². The van der Waals surface area contributed by atoms with Crippen molar-refractivity contribution in [2.24, 2.45) is 11.7 Å². The van der Waals surface area contributed by atoms with Crippen molar-refractivity contribution < 1.29 is 9.59 Å². The molecule has 2 amide bonds. The lowest BCUT2D eigenvalue weighted by Gasteiger charge is -2.36. The molecule has 5 N–H and O–H groups in total. The summed E-state index contributed by atoms with van der Waals surface area (Å²) in [4.78, 5) is 32.1. The molecule has 1 saturated carbocycles. The number of hydrogen-bond acceptors (Lipinski definition) is 4. The molecule has 7 heteroatoms. The molecular formula is C26H37N5O2. The highest BCUT2D eigenvalue weighted by molar-refractivity contribution is 5.90. The summed E-state index contributed by atoms with van der Waals surface area (Å²) < 4.78 is 0. The Morgan fingerprint density at radius 3 is 2.73 bits per heavy atom. The van der Waals surface area contributed by atoms with Gasteiger partial charge >= 0.3 is 0 Å². The van der Waals surface area contributed by atoms with Crippen LogP contribution in [0.25, 0.3) is 10.9 Å². The van der Waals surface area contributed by atoms with Gasteiger partial charge in [0.15, 0.2) is 0 Å². The highest BCUT2D eigenvalue weighted by atomic mass is 16.2. The zero-order valence-corrected chi connectivity index (χ0v) is 19.8. The molecule has 2 aromatic rings. The molecule has 3 heterocycles. The summed E-state index contributed by atoms with van der Waals surface area (Å²) >= 11 is 0. The number of carbonyl (C=O) groups excluding carboxylic acids is 2. The minimum absolute atomic E-state index is 0.0767. The predicted octanol–water partition coefficient (Wildman–Crippen LogP) is 2.54. The molecule has 178 valence electrons. The van der Waals surface area contributed by atoms with Crippen LogP contribution in [0.5, 0.6) is 0 Å². The number of hydrogen-bond donors (Lipinski definition) is 4. The van der Waals surface area contributed by atoms with Gasteiger partial charge in [-0.2, -0.15) is 0 Å². The first-order valence-electron chi connectivity index (χ1n) is 12.6. The minimum atomic E-state index is -0.620. The predicted molar refractivity (Wildman–Crippen MR) is 130 cm³/mol. The van der Waals surface area contributed by atoms with Crippen LogP contribution >= 0.6 is 0 Å². The van der Waals surface area contributed by atoms with Crippen LogP contribution in [-0.2, 0) is 9.59 Å². The number of aromatic amines is 1. The first-order valence-corrected chi connectivity index (χ1v) is 12.6. The standard InChI is InChI=1S/C26H37N5O2/c1-15-8-9-18-19(13-29-22(18)12-15)20-14-28-21-10-11-31(24(20)21)26(33)23(30-25(32)16(2)27)17-6-4-3-5-7-17/h8-9,12-13,16-17,20-21,23-24,28-29H,3-7,10-11,14,27H2,1-2H3,(H,30,32)/t16-,20+,21+,23-,24+/m0/s1. The maximum absolute atomic E-state index is 14.0. The van der Waals surface area contributed by atoms with E-state index in [1.165, 1.54) is 22.9 Å². The van der Waals surface area contributed by atoms with Gasteiger partial charge in [-0.05, 0) is 56.2 Å². The van der Waals surface area contributed by atoms with Crippen molar-refractivity contribution in [1.82, 2.24) is 20.5 Å². The topological polar surface area (TPSA) is 103 Å². The van der Waals surface area contributed by atoms with Crippen LogP contribution < -0.4 is 16.4 Å². The third-order valence-electron chi connectivity index (χ3n) is 8.12. The molecule has 0 radical (unpaired) electrons. The number of aryl methyl sites for hydroxylation is 1. The average molecular weight is 452 g/mol. The van der Waals surface area contributed by atoms with E-state index in [0.717, 1.165) is 50.7 Å². The SMILES string of the molecule is Cc1ccc2c([C@H]3CN[C@@H]4CCN(C(=O)[C@@H](NC(=O)[C@H](C)N)C5CCCCC5)[C@H]34)c[nH]c2c1. The number of benzene rings is 1. The number of carbonyl (C=O) groups is 2. The van der Waals surface area contributed by atoms with Gasteiger partial charge in [0.25, 0.3) is 0 Å². The average Bonchev–Trinajstić information content (AvgIpc) is 3.52. The largest absolute Gasteiger partial charge is 0.361 e. The summed E-state index contributed by atoms with van der Waals surface area (Å²) in [5.41, 5.74) is 9.51. The summed E-state index contributed by atoms with van der Waals surface area (Å²) in [6.07, 6.45) is 8.49. The molecule has 7 nitrogen and oxygen atoms in total. The fraction of sp³-hybridized carbons (Fsp3) is 0.615. The summed E-state index contributed by atoms with van der Waals surface area (Å²) in [6.45, 7) is 5.38. The van der Waals surface area contributed by atoms with Gasteiger partial charge in [0.05, 0.1) is 12.1 Å². The lowest BCUT2D eigenvalue weighted by molar-refractivity contribution is -0.139. The molecule has 2 saturated heterocycles. The Morgan fingerprint density at radius 1 is 1.18 bits per heavy atom. The molecule has 0 unspecified atom stereocenters. The van der Waals surface area contributed by atoms with Gasteiger partial charge in [0.2, 0.25) is 11.8 Å². The minimum Gasteiger partial charge on any atom is -0.361 e. The molecule has 0 spiro atoms. The number of amides is 2. The number of nitrogens with zero attached hydrogens (tertiary/aromatic N) is 1. The monoisotopic (exact) mass is 451 g/mol. The summed E-state index contributed by atoms with van der Waals surface area (Å²) in [5.74, 6) is 0.265. The van der Waals surface area contributed by atoms with E-state index in [9.17, 15) is 9.59 Å². The van der Waals surface area contributed by atoms with Crippen LogP contribution in [0.3, 0.4) is 0 Å². The van der Waals surface area contributed by atoms with E-state index < -0.39 is 12.1 Å². The smallest absolute Gasteiger partial charge is 0.245 e. The number of likely N-dealkylation sites (tertiary alicyclic amines) is 1. The first-order chi connectivity index (χ1) is 15.9. The van der Waals surface area contributed by atoms with Crippen molar-refractivity contribution in [3.8, 4) is 0 Å². The van der Waals surface area contributed by atoms with E-state index in [1.807, 2.05) is 0 Å².